The Kier molecular flexibility index (Phi) is 7.12. The average Bonchev–Trinajstić information content (AvgIpc) is 2.48. The normalized spacial score (nSPS) is 15.7. The fourth-order valence-electron chi connectivity index (χ4n) is 2.76. The van der Waals surface area contributed by atoms with E-state index in [0.717, 1.165) is 38.9 Å². The van der Waals surface area contributed by atoms with E-state index in [9.17, 15) is 9.18 Å². The summed E-state index contributed by atoms with van der Waals surface area (Å²) in [6.07, 6.45) is 3.18. The van der Waals surface area contributed by atoms with E-state index in [2.05, 4.69) is 5.32 Å². The third-order valence-electron chi connectivity index (χ3n) is 4.13. The van der Waals surface area contributed by atoms with Gasteiger partial charge in [0.15, 0.2) is 0 Å². The van der Waals surface area contributed by atoms with Gasteiger partial charge >= 0.3 is 0 Å². The van der Waals surface area contributed by atoms with Gasteiger partial charge in [0.05, 0.1) is 5.56 Å². The van der Waals surface area contributed by atoms with E-state index in [1.807, 2.05) is 7.05 Å². The van der Waals surface area contributed by atoms with Crippen LogP contribution in [0.25, 0.3) is 0 Å². The molecule has 2 rings (SSSR count). The van der Waals surface area contributed by atoms with E-state index >= 15 is 0 Å². The highest BCUT2D eigenvalue weighted by Gasteiger charge is 2.25. The molecule has 1 saturated heterocycles. The van der Waals surface area contributed by atoms with Crippen LogP contribution in [0.5, 0.6) is 0 Å². The number of nitrogens with zero attached hydrogens (tertiary/aromatic N) is 1. The summed E-state index contributed by atoms with van der Waals surface area (Å²) in [7, 11) is 1.96. The molecule has 1 amide bonds. The zero-order valence-electron chi connectivity index (χ0n) is 12.7. The minimum atomic E-state index is -0.380. The Labute approximate surface area is 132 Å². The number of carbonyl (C=O) groups excluding carboxylic acids is 1. The van der Waals surface area contributed by atoms with Gasteiger partial charge < -0.3 is 10.2 Å². The molecule has 1 aromatic carbocycles. The minimum Gasteiger partial charge on any atom is -0.339 e. The number of nitrogens with one attached hydrogen (secondary N) is 1. The number of carbonyl (C=O) groups is 1. The lowest BCUT2D eigenvalue weighted by Crippen LogP contribution is -2.39. The number of piperidine rings is 1. The van der Waals surface area contributed by atoms with Crippen molar-refractivity contribution in [2.45, 2.75) is 26.2 Å². The smallest absolute Gasteiger partial charge is 0.256 e. The molecule has 0 bridgehead atoms. The second-order valence-corrected chi connectivity index (χ2v) is 5.56. The molecule has 0 unspecified atom stereocenters. The van der Waals surface area contributed by atoms with E-state index < -0.39 is 0 Å². The van der Waals surface area contributed by atoms with Gasteiger partial charge in [0.1, 0.15) is 5.82 Å². The van der Waals surface area contributed by atoms with Crippen molar-refractivity contribution in [3.8, 4) is 0 Å². The molecule has 1 aliphatic rings. The number of hydrogen-bond donors (Lipinski definition) is 1. The maximum atomic E-state index is 14.0. The molecule has 0 aromatic heterocycles. The van der Waals surface area contributed by atoms with Gasteiger partial charge in [-0.15, -0.1) is 12.4 Å². The van der Waals surface area contributed by atoms with Gasteiger partial charge in [0, 0.05) is 13.1 Å². The van der Waals surface area contributed by atoms with Gasteiger partial charge in [-0.1, -0.05) is 12.1 Å². The molecule has 1 aliphatic heterocycles. The van der Waals surface area contributed by atoms with Crippen LogP contribution in [-0.2, 0) is 0 Å². The lowest BCUT2D eigenvalue weighted by Gasteiger charge is -2.32. The zero-order valence-corrected chi connectivity index (χ0v) is 13.5. The number of hydrogen-bond acceptors (Lipinski definition) is 2. The molecule has 0 aliphatic carbocycles. The van der Waals surface area contributed by atoms with Crippen LogP contribution in [-0.4, -0.2) is 37.5 Å². The largest absolute Gasteiger partial charge is 0.339 e. The monoisotopic (exact) mass is 314 g/mol. The quantitative estimate of drug-likeness (QED) is 0.926. The molecule has 1 aromatic rings. The van der Waals surface area contributed by atoms with E-state index in [4.69, 9.17) is 0 Å². The van der Waals surface area contributed by atoms with Crippen molar-refractivity contribution in [2.75, 3.05) is 26.7 Å². The highest BCUT2D eigenvalue weighted by atomic mass is 35.5. The third-order valence-corrected chi connectivity index (χ3v) is 4.13. The molecule has 1 fully saturated rings. The van der Waals surface area contributed by atoms with Gasteiger partial charge in [-0.25, -0.2) is 4.39 Å². The molecule has 21 heavy (non-hydrogen) atoms. The van der Waals surface area contributed by atoms with Crippen LogP contribution in [0.1, 0.15) is 35.2 Å². The first-order valence-corrected chi connectivity index (χ1v) is 7.32. The molecule has 0 atom stereocenters. The molecule has 118 valence electrons. The SMILES string of the molecule is CNCCC1CCN(C(=O)c2cccc(C)c2F)CC1.Cl. The zero-order chi connectivity index (χ0) is 14.5. The number of benzene rings is 1. The summed E-state index contributed by atoms with van der Waals surface area (Å²) in [5.41, 5.74) is 0.735. The van der Waals surface area contributed by atoms with Crippen molar-refractivity contribution in [3.63, 3.8) is 0 Å². The van der Waals surface area contributed by atoms with Crippen LogP contribution < -0.4 is 5.32 Å². The first-order chi connectivity index (χ1) is 9.63. The first-order valence-electron chi connectivity index (χ1n) is 7.32. The lowest BCUT2D eigenvalue weighted by molar-refractivity contribution is 0.0682. The molecule has 0 spiro atoms. The first kappa shape index (κ1) is 17.9. The Morgan fingerprint density at radius 3 is 2.67 bits per heavy atom. The van der Waals surface area contributed by atoms with Gasteiger partial charge in [0.25, 0.3) is 5.91 Å². The van der Waals surface area contributed by atoms with Gasteiger partial charge in [-0.05, 0) is 57.3 Å². The van der Waals surface area contributed by atoms with E-state index in [0.29, 0.717) is 11.5 Å². The number of halogens is 2. The van der Waals surface area contributed by atoms with Gasteiger partial charge in [-0.3, -0.25) is 4.79 Å². The molecule has 0 radical (unpaired) electrons. The molecule has 0 saturated carbocycles. The summed E-state index contributed by atoms with van der Waals surface area (Å²) in [6.45, 7) is 4.18. The molecule has 5 heteroatoms. The van der Waals surface area contributed by atoms with Crippen LogP contribution in [0.4, 0.5) is 4.39 Å². The number of likely N-dealkylation sites (tertiary alicyclic amines) is 1. The minimum absolute atomic E-state index is 0. The lowest BCUT2D eigenvalue weighted by atomic mass is 9.93. The Morgan fingerprint density at radius 2 is 2.05 bits per heavy atom. The highest BCUT2D eigenvalue weighted by molar-refractivity contribution is 5.94. The summed E-state index contributed by atoms with van der Waals surface area (Å²) in [5.74, 6) is 0.127. The maximum Gasteiger partial charge on any atom is 0.256 e. The molecule has 3 nitrogen and oxygen atoms in total. The summed E-state index contributed by atoms with van der Waals surface area (Å²) in [5, 5.41) is 3.16. The highest BCUT2D eigenvalue weighted by Crippen LogP contribution is 2.22. The predicted molar refractivity (Wildman–Crippen MR) is 85.6 cm³/mol. The second-order valence-electron chi connectivity index (χ2n) is 5.56. The fraction of sp³-hybridized carbons (Fsp3) is 0.562. The summed E-state index contributed by atoms with van der Waals surface area (Å²) >= 11 is 0. The van der Waals surface area contributed by atoms with Crippen molar-refractivity contribution >= 4 is 18.3 Å². The van der Waals surface area contributed by atoms with Crippen LogP contribution in [0.3, 0.4) is 0 Å². The summed E-state index contributed by atoms with van der Waals surface area (Å²) in [6, 6.07) is 5.01. The number of rotatable bonds is 4. The van der Waals surface area contributed by atoms with Crippen LogP contribution >= 0.6 is 12.4 Å². The van der Waals surface area contributed by atoms with Crippen LogP contribution in [0.2, 0.25) is 0 Å². The van der Waals surface area contributed by atoms with Crippen molar-refractivity contribution in [1.29, 1.82) is 0 Å². The average molecular weight is 315 g/mol. The molecule has 1 heterocycles. The summed E-state index contributed by atoms with van der Waals surface area (Å²) in [4.78, 5) is 14.2. The van der Waals surface area contributed by atoms with Crippen molar-refractivity contribution in [2.24, 2.45) is 5.92 Å². The topological polar surface area (TPSA) is 32.3 Å². The van der Waals surface area contributed by atoms with E-state index in [-0.39, 0.29) is 29.7 Å². The van der Waals surface area contributed by atoms with Crippen molar-refractivity contribution < 1.29 is 9.18 Å². The Morgan fingerprint density at radius 1 is 1.38 bits per heavy atom. The molecular weight excluding hydrogens is 291 g/mol. The predicted octanol–water partition coefficient (Wildman–Crippen LogP) is 3.02. The van der Waals surface area contributed by atoms with Gasteiger partial charge in [0.2, 0.25) is 0 Å². The third kappa shape index (κ3) is 4.42. The maximum absolute atomic E-state index is 14.0. The fourth-order valence-corrected chi connectivity index (χ4v) is 2.76. The second kappa shape index (κ2) is 8.35. The Balaban J connectivity index is 0.00000220. The summed E-state index contributed by atoms with van der Waals surface area (Å²) < 4.78 is 14.0. The Bertz CT molecular complexity index is 473. The van der Waals surface area contributed by atoms with Crippen LogP contribution in [0.15, 0.2) is 18.2 Å². The van der Waals surface area contributed by atoms with Crippen LogP contribution in [0, 0.1) is 18.7 Å². The molecular formula is C16H24ClFN2O. The van der Waals surface area contributed by atoms with Crippen molar-refractivity contribution in [3.05, 3.63) is 35.1 Å². The van der Waals surface area contributed by atoms with Gasteiger partial charge in [-0.2, -0.15) is 0 Å². The van der Waals surface area contributed by atoms with E-state index in [1.54, 1.807) is 30.0 Å². The number of amides is 1. The number of aryl methyl sites for hydroxylation is 1. The standard InChI is InChI=1S/C16H23FN2O.ClH/c1-12-4-3-5-14(15(12)17)16(20)19-10-7-13(8-11-19)6-9-18-2;/h3-5,13,18H,6-11H2,1-2H3;1H. The van der Waals surface area contributed by atoms with Crippen molar-refractivity contribution in [1.82, 2.24) is 10.2 Å². The molecule has 1 N–H and O–H groups in total. The van der Waals surface area contributed by atoms with E-state index in [1.165, 1.54) is 0 Å². The Hall–Kier alpha value is -1.13.